The van der Waals surface area contributed by atoms with E-state index >= 15 is 0 Å². The zero-order valence-electron chi connectivity index (χ0n) is 13.4. The summed E-state index contributed by atoms with van der Waals surface area (Å²) >= 11 is 0. The lowest BCUT2D eigenvalue weighted by Gasteiger charge is -2.32. The van der Waals surface area contributed by atoms with Crippen LogP contribution >= 0.6 is 0 Å². The first kappa shape index (κ1) is 18.2. The van der Waals surface area contributed by atoms with E-state index in [0.29, 0.717) is 38.4 Å². The number of carbonyl (C=O) groups is 2. The molecule has 1 aliphatic rings. The number of rotatable bonds is 6. The molecule has 0 aromatic heterocycles. The number of aliphatic carboxylic acids is 1. The van der Waals surface area contributed by atoms with Crippen LogP contribution < -0.4 is 5.32 Å². The molecule has 2 N–H and O–H groups in total. The molecular formula is C17H22F2N2O3. The van der Waals surface area contributed by atoms with Gasteiger partial charge in [-0.2, -0.15) is 0 Å². The molecule has 24 heavy (non-hydrogen) atoms. The molecule has 1 aromatic rings. The van der Waals surface area contributed by atoms with Gasteiger partial charge in [-0.15, -0.1) is 0 Å². The summed E-state index contributed by atoms with van der Waals surface area (Å²) in [6, 6.07) is 3.80. The van der Waals surface area contributed by atoms with Crippen molar-refractivity contribution in [1.82, 2.24) is 10.2 Å². The quantitative estimate of drug-likeness (QED) is 0.783. The molecule has 7 heteroatoms. The third-order valence-electron chi connectivity index (χ3n) is 4.25. The zero-order chi connectivity index (χ0) is 17.5. The SMILES string of the molecule is O=C(O)CCCNC(=O)N1CCC(Cc2ccc(F)c(F)c2)CC1. The summed E-state index contributed by atoms with van der Waals surface area (Å²) in [6.07, 6.45) is 2.73. The van der Waals surface area contributed by atoms with Crippen molar-refractivity contribution >= 4 is 12.0 Å². The summed E-state index contributed by atoms with van der Waals surface area (Å²) in [7, 11) is 0. The van der Waals surface area contributed by atoms with Crippen LogP contribution in [0.3, 0.4) is 0 Å². The zero-order valence-corrected chi connectivity index (χ0v) is 13.4. The number of benzene rings is 1. The molecule has 132 valence electrons. The second kappa shape index (κ2) is 8.61. The number of urea groups is 1. The maximum Gasteiger partial charge on any atom is 0.317 e. The van der Waals surface area contributed by atoms with Gasteiger partial charge in [-0.1, -0.05) is 6.07 Å². The number of carboxylic acid groups (broad SMARTS) is 1. The standard InChI is InChI=1S/C17H22F2N2O3/c18-14-4-3-13(11-15(14)19)10-12-5-8-21(9-6-12)17(24)20-7-1-2-16(22)23/h3-4,11-12H,1-2,5-10H2,(H,20,24)(H,22,23). The van der Waals surface area contributed by atoms with Crippen LogP contribution in [0.1, 0.15) is 31.2 Å². The van der Waals surface area contributed by atoms with Crippen molar-refractivity contribution in [2.24, 2.45) is 5.92 Å². The number of carboxylic acids is 1. The van der Waals surface area contributed by atoms with Gasteiger partial charge in [0.2, 0.25) is 0 Å². The molecule has 1 aliphatic heterocycles. The first-order valence-electron chi connectivity index (χ1n) is 8.14. The van der Waals surface area contributed by atoms with Gasteiger partial charge in [0.25, 0.3) is 0 Å². The van der Waals surface area contributed by atoms with Gasteiger partial charge in [-0.3, -0.25) is 4.79 Å². The maximum atomic E-state index is 13.2. The number of likely N-dealkylation sites (tertiary alicyclic amines) is 1. The number of hydrogen-bond donors (Lipinski definition) is 2. The summed E-state index contributed by atoms with van der Waals surface area (Å²) in [5.41, 5.74) is 0.769. The van der Waals surface area contributed by atoms with Gasteiger partial charge in [0.15, 0.2) is 11.6 Å². The first-order chi connectivity index (χ1) is 11.5. The lowest BCUT2D eigenvalue weighted by atomic mass is 9.90. The molecule has 2 amide bonds. The summed E-state index contributed by atoms with van der Waals surface area (Å²) < 4.78 is 26.2. The monoisotopic (exact) mass is 340 g/mol. The molecule has 0 atom stereocenters. The predicted octanol–water partition coefficient (Wildman–Crippen LogP) is 2.79. The summed E-state index contributed by atoms with van der Waals surface area (Å²) in [6.45, 7) is 1.57. The molecule has 0 spiro atoms. The Balaban J connectivity index is 1.71. The van der Waals surface area contributed by atoms with Gasteiger partial charge in [-0.05, 0) is 49.3 Å². The molecule has 0 unspecified atom stereocenters. The highest BCUT2D eigenvalue weighted by molar-refractivity contribution is 5.74. The van der Waals surface area contributed by atoms with E-state index in [-0.39, 0.29) is 12.5 Å². The van der Waals surface area contributed by atoms with E-state index in [1.165, 1.54) is 6.07 Å². The Morgan fingerprint density at radius 1 is 1.21 bits per heavy atom. The van der Waals surface area contributed by atoms with E-state index in [9.17, 15) is 18.4 Å². The predicted molar refractivity (Wildman–Crippen MR) is 84.6 cm³/mol. The highest BCUT2D eigenvalue weighted by atomic mass is 19.2. The van der Waals surface area contributed by atoms with Gasteiger partial charge in [0, 0.05) is 26.1 Å². The van der Waals surface area contributed by atoms with Crippen molar-refractivity contribution in [3.63, 3.8) is 0 Å². The summed E-state index contributed by atoms with van der Waals surface area (Å²) in [4.78, 5) is 24.1. The Labute approximate surface area is 139 Å². The van der Waals surface area contributed by atoms with Crippen molar-refractivity contribution in [2.75, 3.05) is 19.6 Å². The summed E-state index contributed by atoms with van der Waals surface area (Å²) in [5, 5.41) is 11.3. The molecule has 1 aromatic carbocycles. The molecule has 0 saturated carbocycles. The van der Waals surface area contributed by atoms with E-state index in [4.69, 9.17) is 5.11 Å². The van der Waals surface area contributed by atoms with Crippen molar-refractivity contribution < 1.29 is 23.5 Å². The fraction of sp³-hybridized carbons (Fsp3) is 0.529. The fourth-order valence-corrected chi connectivity index (χ4v) is 2.89. The molecule has 2 rings (SSSR count). The lowest BCUT2D eigenvalue weighted by molar-refractivity contribution is -0.137. The van der Waals surface area contributed by atoms with Crippen LogP contribution in [0.4, 0.5) is 13.6 Å². The number of carbonyl (C=O) groups excluding carboxylic acids is 1. The minimum absolute atomic E-state index is 0.0383. The number of halogens is 2. The second-order valence-electron chi connectivity index (χ2n) is 6.11. The Hall–Kier alpha value is -2.18. The average Bonchev–Trinajstić information content (AvgIpc) is 2.55. The lowest BCUT2D eigenvalue weighted by Crippen LogP contribution is -2.45. The van der Waals surface area contributed by atoms with Crippen LogP contribution in [0.25, 0.3) is 0 Å². The molecular weight excluding hydrogens is 318 g/mol. The Morgan fingerprint density at radius 2 is 1.92 bits per heavy atom. The number of hydrogen-bond acceptors (Lipinski definition) is 2. The van der Waals surface area contributed by atoms with Crippen LogP contribution in [0, 0.1) is 17.6 Å². The van der Waals surface area contributed by atoms with Gasteiger partial charge >= 0.3 is 12.0 Å². The van der Waals surface area contributed by atoms with E-state index < -0.39 is 17.6 Å². The molecule has 0 radical (unpaired) electrons. The molecule has 5 nitrogen and oxygen atoms in total. The van der Waals surface area contributed by atoms with Gasteiger partial charge in [0.05, 0.1) is 0 Å². The summed E-state index contributed by atoms with van der Waals surface area (Å²) in [5.74, 6) is -2.20. The molecule has 1 saturated heterocycles. The highest BCUT2D eigenvalue weighted by Gasteiger charge is 2.23. The van der Waals surface area contributed by atoms with Crippen LogP contribution in [0.5, 0.6) is 0 Å². The van der Waals surface area contributed by atoms with Crippen LogP contribution in [-0.2, 0) is 11.2 Å². The smallest absolute Gasteiger partial charge is 0.317 e. The van der Waals surface area contributed by atoms with Crippen LogP contribution in [0.15, 0.2) is 18.2 Å². The van der Waals surface area contributed by atoms with Crippen molar-refractivity contribution in [2.45, 2.75) is 32.1 Å². The number of nitrogens with one attached hydrogen (secondary N) is 1. The van der Waals surface area contributed by atoms with Crippen molar-refractivity contribution in [3.8, 4) is 0 Å². The number of piperidine rings is 1. The fourth-order valence-electron chi connectivity index (χ4n) is 2.89. The average molecular weight is 340 g/mol. The Morgan fingerprint density at radius 3 is 2.54 bits per heavy atom. The minimum atomic E-state index is -0.873. The molecule has 1 fully saturated rings. The van der Waals surface area contributed by atoms with Crippen LogP contribution in [-0.4, -0.2) is 41.6 Å². The molecule has 1 heterocycles. The second-order valence-corrected chi connectivity index (χ2v) is 6.11. The van der Waals surface area contributed by atoms with Crippen molar-refractivity contribution in [3.05, 3.63) is 35.4 Å². The van der Waals surface area contributed by atoms with E-state index in [1.807, 2.05) is 0 Å². The van der Waals surface area contributed by atoms with Crippen molar-refractivity contribution in [1.29, 1.82) is 0 Å². The third-order valence-corrected chi connectivity index (χ3v) is 4.25. The normalized spacial score (nSPS) is 15.3. The van der Waals surface area contributed by atoms with E-state index in [0.717, 1.165) is 24.5 Å². The Kier molecular flexibility index (Phi) is 6.52. The minimum Gasteiger partial charge on any atom is -0.481 e. The van der Waals surface area contributed by atoms with E-state index in [2.05, 4.69) is 5.32 Å². The Bertz CT molecular complexity index is 587. The van der Waals surface area contributed by atoms with Gasteiger partial charge in [-0.25, -0.2) is 13.6 Å². The first-order valence-corrected chi connectivity index (χ1v) is 8.14. The molecule has 0 aliphatic carbocycles. The molecule has 0 bridgehead atoms. The topological polar surface area (TPSA) is 69.6 Å². The highest BCUT2D eigenvalue weighted by Crippen LogP contribution is 2.22. The third kappa shape index (κ3) is 5.47. The number of amides is 2. The van der Waals surface area contributed by atoms with E-state index in [1.54, 1.807) is 11.0 Å². The largest absolute Gasteiger partial charge is 0.481 e. The van der Waals surface area contributed by atoms with Crippen LogP contribution in [0.2, 0.25) is 0 Å². The number of nitrogens with zero attached hydrogens (tertiary/aromatic N) is 1. The maximum absolute atomic E-state index is 13.2. The van der Waals surface area contributed by atoms with Gasteiger partial charge < -0.3 is 15.3 Å². The van der Waals surface area contributed by atoms with Gasteiger partial charge in [0.1, 0.15) is 0 Å².